The van der Waals surface area contributed by atoms with Crippen molar-refractivity contribution in [2.75, 3.05) is 0 Å². The summed E-state index contributed by atoms with van der Waals surface area (Å²) in [7, 11) is 0. The first kappa shape index (κ1) is 10.8. The third kappa shape index (κ3) is 3.25. The summed E-state index contributed by atoms with van der Waals surface area (Å²) >= 11 is 0. The van der Waals surface area contributed by atoms with Crippen LogP contribution >= 0.6 is 0 Å². The van der Waals surface area contributed by atoms with Crippen LogP contribution in [0.25, 0.3) is 0 Å². The molecule has 1 rings (SSSR count). The second kappa shape index (κ2) is 5.48. The summed E-state index contributed by atoms with van der Waals surface area (Å²) in [5.74, 6) is 5.91. The van der Waals surface area contributed by atoms with Crippen molar-refractivity contribution >= 4 is 0 Å². The summed E-state index contributed by atoms with van der Waals surface area (Å²) in [6.45, 7) is 2.05. The lowest BCUT2D eigenvalue weighted by Crippen LogP contribution is -2.16. The summed E-state index contributed by atoms with van der Waals surface area (Å²) in [5, 5.41) is 9.50. The van der Waals surface area contributed by atoms with Gasteiger partial charge in [-0.1, -0.05) is 25.2 Å². The molecule has 0 aromatic carbocycles. The van der Waals surface area contributed by atoms with Gasteiger partial charge < -0.3 is 15.3 Å². The first-order valence-corrected chi connectivity index (χ1v) is 4.72. The zero-order valence-corrected chi connectivity index (χ0v) is 8.23. The molecule has 3 nitrogen and oxygen atoms in total. The molecule has 1 aromatic rings. The second-order valence-electron chi connectivity index (χ2n) is 3.10. The SMILES string of the molecule is CCCC(N)C#CC(O)c1ccco1. The number of aliphatic hydroxyl groups excluding tert-OH is 1. The predicted octanol–water partition coefficient (Wildman–Crippen LogP) is 1.44. The van der Waals surface area contributed by atoms with Crippen LogP contribution in [0.3, 0.4) is 0 Å². The molecule has 0 radical (unpaired) electrons. The second-order valence-corrected chi connectivity index (χ2v) is 3.10. The Balaban J connectivity index is 2.51. The van der Waals surface area contributed by atoms with E-state index in [-0.39, 0.29) is 6.04 Å². The maximum absolute atomic E-state index is 9.50. The molecule has 3 heteroatoms. The lowest BCUT2D eigenvalue weighted by Gasteiger charge is -2.01. The van der Waals surface area contributed by atoms with Gasteiger partial charge in [-0.15, -0.1) is 0 Å². The van der Waals surface area contributed by atoms with E-state index in [2.05, 4.69) is 11.8 Å². The van der Waals surface area contributed by atoms with E-state index in [0.29, 0.717) is 5.76 Å². The number of furan rings is 1. The third-order valence-electron chi connectivity index (χ3n) is 1.82. The summed E-state index contributed by atoms with van der Waals surface area (Å²) < 4.78 is 4.99. The largest absolute Gasteiger partial charge is 0.466 e. The fourth-order valence-electron chi connectivity index (χ4n) is 1.09. The standard InChI is InChI=1S/C11H15NO2/c1-2-4-9(12)6-7-10(13)11-5-3-8-14-11/h3,5,8-10,13H,2,4,12H2,1H3. The maximum Gasteiger partial charge on any atom is 0.172 e. The van der Waals surface area contributed by atoms with E-state index >= 15 is 0 Å². The highest BCUT2D eigenvalue weighted by atomic mass is 16.4. The number of hydrogen-bond donors (Lipinski definition) is 2. The summed E-state index contributed by atoms with van der Waals surface area (Å²) in [4.78, 5) is 0. The van der Waals surface area contributed by atoms with Crippen molar-refractivity contribution in [1.29, 1.82) is 0 Å². The number of rotatable bonds is 3. The molecule has 2 atom stereocenters. The molecule has 0 saturated heterocycles. The van der Waals surface area contributed by atoms with Crippen molar-refractivity contribution in [2.45, 2.75) is 31.9 Å². The highest BCUT2D eigenvalue weighted by molar-refractivity contribution is 5.17. The maximum atomic E-state index is 9.50. The van der Waals surface area contributed by atoms with E-state index in [1.54, 1.807) is 12.1 Å². The summed E-state index contributed by atoms with van der Waals surface area (Å²) in [6.07, 6.45) is 2.48. The van der Waals surface area contributed by atoms with Gasteiger partial charge in [0, 0.05) is 0 Å². The predicted molar refractivity (Wildman–Crippen MR) is 54.3 cm³/mol. The molecule has 0 aliphatic heterocycles. The zero-order chi connectivity index (χ0) is 10.4. The zero-order valence-electron chi connectivity index (χ0n) is 8.23. The van der Waals surface area contributed by atoms with Crippen molar-refractivity contribution in [2.24, 2.45) is 5.73 Å². The molecule has 0 aliphatic rings. The first-order valence-electron chi connectivity index (χ1n) is 4.72. The summed E-state index contributed by atoms with van der Waals surface area (Å²) in [6, 6.07) is 3.24. The van der Waals surface area contributed by atoms with Crippen LogP contribution in [0.2, 0.25) is 0 Å². The van der Waals surface area contributed by atoms with E-state index in [0.717, 1.165) is 12.8 Å². The smallest absolute Gasteiger partial charge is 0.172 e. The molecule has 0 aliphatic carbocycles. The monoisotopic (exact) mass is 193 g/mol. The highest BCUT2D eigenvalue weighted by Gasteiger charge is 2.05. The van der Waals surface area contributed by atoms with Gasteiger partial charge in [0.2, 0.25) is 0 Å². The van der Waals surface area contributed by atoms with Gasteiger partial charge >= 0.3 is 0 Å². The lowest BCUT2D eigenvalue weighted by molar-refractivity contribution is 0.206. The van der Waals surface area contributed by atoms with Gasteiger partial charge in [-0.3, -0.25) is 0 Å². The van der Waals surface area contributed by atoms with Gasteiger partial charge in [-0.25, -0.2) is 0 Å². The Morgan fingerprint density at radius 2 is 2.36 bits per heavy atom. The van der Waals surface area contributed by atoms with Gasteiger partial charge in [-0.2, -0.15) is 0 Å². The minimum absolute atomic E-state index is 0.162. The van der Waals surface area contributed by atoms with Crippen LogP contribution in [0.1, 0.15) is 31.6 Å². The fourth-order valence-corrected chi connectivity index (χ4v) is 1.09. The Morgan fingerprint density at radius 3 is 2.93 bits per heavy atom. The molecule has 0 saturated carbocycles. The Hall–Kier alpha value is -1.24. The Bertz CT molecular complexity index is 308. The van der Waals surface area contributed by atoms with Crippen LogP contribution in [0.4, 0.5) is 0 Å². The minimum Gasteiger partial charge on any atom is -0.466 e. The van der Waals surface area contributed by atoms with Crippen LogP contribution in [0, 0.1) is 11.8 Å². The van der Waals surface area contributed by atoms with E-state index in [1.165, 1.54) is 6.26 Å². The van der Waals surface area contributed by atoms with E-state index < -0.39 is 6.10 Å². The van der Waals surface area contributed by atoms with E-state index in [1.807, 2.05) is 6.92 Å². The number of nitrogens with two attached hydrogens (primary N) is 1. The van der Waals surface area contributed by atoms with Crippen LogP contribution in [-0.2, 0) is 0 Å². The van der Waals surface area contributed by atoms with Gasteiger partial charge in [0.1, 0.15) is 5.76 Å². The van der Waals surface area contributed by atoms with Crippen molar-refractivity contribution in [3.63, 3.8) is 0 Å². The first-order chi connectivity index (χ1) is 6.74. The molecule has 14 heavy (non-hydrogen) atoms. The molecule has 0 fully saturated rings. The molecule has 0 bridgehead atoms. The average molecular weight is 193 g/mol. The fraction of sp³-hybridized carbons (Fsp3) is 0.455. The van der Waals surface area contributed by atoms with E-state index in [4.69, 9.17) is 10.2 Å². The molecule has 76 valence electrons. The quantitative estimate of drug-likeness (QED) is 0.714. The molecular formula is C11H15NO2. The van der Waals surface area contributed by atoms with Crippen molar-refractivity contribution in [3.8, 4) is 11.8 Å². The molecule has 1 heterocycles. The Labute approximate surface area is 83.9 Å². The minimum atomic E-state index is -0.868. The lowest BCUT2D eigenvalue weighted by atomic mass is 10.2. The van der Waals surface area contributed by atoms with Crippen molar-refractivity contribution < 1.29 is 9.52 Å². The normalized spacial score (nSPS) is 14.2. The Kier molecular flexibility index (Phi) is 4.24. The topological polar surface area (TPSA) is 59.4 Å². The number of aliphatic hydroxyl groups is 1. The van der Waals surface area contributed by atoms with E-state index in [9.17, 15) is 5.11 Å². The van der Waals surface area contributed by atoms with Gasteiger partial charge in [-0.05, 0) is 18.6 Å². The highest BCUT2D eigenvalue weighted by Crippen LogP contribution is 2.11. The van der Waals surface area contributed by atoms with Crippen LogP contribution < -0.4 is 5.73 Å². The Morgan fingerprint density at radius 1 is 1.57 bits per heavy atom. The summed E-state index contributed by atoms with van der Waals surface area (Å²) in [5.41, 5.74) is 5.67. The molecule has 0 spiro atoms. The van der Waals surface area contributed by atoms with Crippen LogP contribution in [-0.4, -0.2) is 11.1 Å². The van der Waals surface area contributed by atoms with Gasteiger partial charge in [0.15, 0.2) is 6.10 Å². The van der Waals surface area contributed by atoms with Crippen molar-refractivity contribution in [3.05, 3.63) is 24.2 Å². The van der Waals surface area contributed by atoms with Crippen molar-refractivity contribution in [1.82, 2.24) is 0 Å². The molecule has 3 N–H and O–H groups in total. The van der Waals surface area contributed by atoms with Crippen LogP contribution in [0.5, 0.6) is 0 Å². The van der Waals surface area contributed by atoms with Gasteiger partial charge in [0.25, 0.3) is 0 Å². The number of hydrogen-bond acceptors (Lipinski definition) is 3. The molecular weight excluding hydrogens is 178 g/mol. The molecule has 0 amide bonds. The molecule has 1 aromatic heterocycles. The average Bonchev–Trinajstić information content (AvgIpc) is 2.67. The third-order valence-corrected chi connectivity index (χ3v) is 1.82. The van der Waals surface area contributed by atoms with Crippen LogP contribution in [0.15, 0.2) is 22.8 Å². The van der Waals surface area contributed by atoms with Gasteiger partial charge in [0.05, 0.1) is 12.3 Å². The molecule has 2 unspecified atom stereocenters.